The molecule has 0 aliphatic heterocycles. The van der Waals surface area contributed by atoms with E-state index >= 15 is 0 Å². The lowest BCUT2D eigenvalue weighted by Gasteiger charge is -2.21. The third-order valence-corrected chi connectivity index (χ3v) is 5.54. The fourth-order valence-electron chi connectivity index (χ4n) is 3.61. The van der Waals surface area contributed by atoms with Crippen molar-refractivity contribution >= 4 is 23.5 Å². The van der Waals surface area contributed by atoms with Crippen molar-refractivity contribution in [1.82, 2.24) is 10.2 Å². The van der Waals surface area contributed by atoms with Gasteiger partial charge < -0.3 is 19.8 Å². The van der Waals surface area contributed by atoms with Gasteiger partial charge in [-0.25, -0.2) is 4.79 Å². The van der Waals surface area contributed by atoms with E-state index in [2.05, 4.69) is 10.6 Å². The largest absolute Gasteiger partial charge is 0.468 e. The molecule has 0 spiro atoms. The van der Waals surface area contributed by atoms with Gasteiger partial charge in [0, 0.05) is 23.8 Å². The second kappa shape index (κ2) is 11.5. The first-order valence-corrected chi connectivity index (χ1v) is 11.7. The van der Waals surface area contributed by atoms with Crippen LogP contribution in [0.4, 0.5) is 5.69 Å². The van der Waals surface area contributed by atoms with Gasteiger partial charge in [0.05, 0.1) is 31.5 Å². The zero-order valence-electron chi connectivity index (χ0n) is 19.7. The van der Waals surface area contributed by atoms with Crippen LogP contribution < -0.4 is 10.6 Å². The molecule has 182 valence electrons. The van der Waals surface area contributed by atoms with Gasteiger partial charge in [0.2, 0.25) is 5.91 Å². The topological polar surface area (TPSA) is 101 Å². The molecule has 2 aromatic carbocycles. The van der Waals surface area contributed by atoms with Crippen LogP contribution in [0.2, 0.25) is 0 Å². The highest BCUT2D eigenvalue weighted by atomic mass is 16.5. The molecule has 0 unspecified atom stereocenters. The number of hydrogen-bond donors (Lipinski definition) is 2. The Bertz CT molecular complexity index is 1140. The lowest BCUT2D eigenvalue weighted by Crippen LogP contribution is -2.32. The Kier molecular flexibility index (Phi) is 7.95. The summed E-state index contributed by atoms with van der Waals surface area (Å²) >= 11 is 0. The van der Waals surface area contributed by atoms with Crippen molar-refractivity contribution < 1.29 is 23.5 Å². The maximum atomic E-state index is 12.8. The lowest BCUT2D eigenvalue weighted by molar-refractivity contribution is -0.117. The van der Waals surface area contributed by atoms with Crippen molar-refractivity contribution in [2.75, 3.05) is 18.5 Å². The number of anilines is 1. The molecule has 1 saturated carbocycles. The van der Waals surface area contributed by atoms with Crippen LogP contribution in [-0.2, 0) is 22.6 Å². The number of benzene rings is 2. The number of hydrogen-bond acceptors (Lipinski definition) is 6. The van der Waals surface area contributed by atoms with Gasteiger partial charge in [-0.2, -0.15) is 0 Å². The minimum atomic E-state index is -0.397. The maximum absolute atomic E-state index is 12.8. The first kappa shape index (κ1) is 24.2. The highest BCUT2D eigenvalue weighted by molar-refractivity contribution is 5.95. The molecule has 2 amide bonds. The summed E-state index contributed by atoms with van der Waals surface area (Å²) in [6.07, 6.45) is 3.69. The van der Waals surface area contributed by atoms with E-state index in [0.29, 0.717) is 42.6 Å². The molecule has 8 heteroatoms. The summed E-state index contributed by atoms with van der Waals surface area (Å²) in [7, 11) is 0. The second-order valence-electron chi connectivity index (χ2n) is 8.52. The smallest absolute Gasteiger partial charge is 0.338 e. The molecule has 1 aromatic heterocycles. The number of carbonyl (C=O) groups excluding carboxylic acids is 3. The van der Waals surface area contributed by atoms with Gasteiger partial charge in [-0.1, -0.05) is 12.1 Å². The Hall–Kier alpha value is -3.91. The molecule has 2 N–H and O–H groups in total. The number of nitrogens with zero attached hydrogens (tertiary/aromatic N) is 1. The highest BCUT2D eigenvalue weighted by Crippen LogP contribution is 2.20. The van der Waals surface area contributed by atoms with Crippen LogP contribution in [0, 0.1) is 0 Å². The van der Waals surface area contributed by atoms with E-state index in [1.807, 2.05) is 41.3 Å². The predicted molar refractivity (Wildman–Crippen MR) is 131 cm³/mol. The van der Waals surface area contributed by atoms with Gasteiger partial charge in [0.1, 0.15) is 5.76 Å². The Morgan fingerprint density at radius 3 is 2.31 bits per heavy atom. The standard InChI is InChI=1S/C27H29N3O5/c1-2-34-27(33)21-9-11-22(12-10-21)28-25(31)18-30(17-24-4-3-15-35-24)16-19-5-7-20(8-6-19)26(32)29-23-13-14-23/h3-12,15,23H,2,13-14,16-18H2,1H3,(H,28,31)(H,29,32). The Morgan fingerprint density at radius 1 is 0.971 bits per heavy atom. The van der Waals surface area contributed by atoms with E-state index in [0.717, 1.165) is 24.2 Å². The summed E-state index contributed by atoms with van der Waals surface area (Å²) in [4.78, 5) is 38.8. The third kappa shape index (κ3) is 7.28. The van der Waals surface area contributed by atoms with Gasteiger partial charge in [-0.05, 0) is 73.9 Å². The van der Waals surface area contributed by atoms with E-state index in [9.17, 15) is 14.4 Å². The minimum Gasteiger partial charge on any atom is -0.468 e. The number of nitrogens with one attached hydrogen (secondary N) is 2. The molecule has 3 aromatic rings. The number of carbonyl (C=O) groups is 3. The van der Waals surface area contributed by atoms with Crippen molar-refractivity contribution in [3.05, 3.63) is 89.4 Å². The Morgan fingerprint density at radius 2 is 1.69 bits per heavy atom. The number of ether oxygens (including phenoxy) is 1. The molecule has 1 heterocycles. The predicted octanol–water partition coefficient (Wildman–Crippen LogP) is 3.99. The third-order valence-electron chi connectivity index (χ3n) is 5.54. The molecular weight excluding hydrogens is 446 g/mol. The average Bonchev–Trinajstić information content (AvgIpc) is 3.51. The van der Waals surface area contributed by atoms with Crippen LogP contribution in [0.3, 0.4) is 0 Å². The second-order valence-corrected chi connectivity index (χ2v) is 8.52. The van der Waals surface area contributed by atoms with E-state index in [1.165, 1.54) is 0 Å². The maximum Gasteiger partial charge on any atom is 0.338 e. The molecule has 8 nitrogen and oxygen atoms in total. The van der Waals surface area contributed by atoms with Crippen LogP contribution in [0.5, 0.6) is 0 Å². The molecule has 0 atom stereocenters. The van der Waals surface area contributed by atoms with Crippen LogP contribution in [0.15, 0.2) is 71.3 Å². The van der Waals surface area contributed by atoms with E-state index < -0.39 is 5.97 Å². The quantitative estimate of drug-likeness (QED) is 0.407. The molecule has 1 fully saturated rings. The van der Waals surface area contributed by atoms with Crippen LogP contribution in [0.1, 0.15) is 51.8 Å². The Balaban J connectivity index is 1.37. The summed E-state index contributed by atoms with van der Waals surface area (Å²) in [5, 5.41) is 5.85. The van der Waals surface area contributed by atoms with Crippen LogP contribution in [0.25, 0.3) is 0 Å². The number of amides is 2. The molecule has 35 heavy (non-hydrogen) atoms. The molecule has 0 radical (unpaired) electrons. The summed E-state index contributed by atoms with van der Waals surface area (Å²) < 4.78 is 10.5. The zero-order valence-corrected chi connectivity index (χ0v) is 19.7. The molecule has 0 bridgehead atoms. The monoisotopic (exact) mass is 475 g/mol. The van der Waals surface area contributed by atoms with E-state index in [1.54, 1.807) is 37.5 Å². The molecule has 0 saturated heterocycles. The van der Waals surface area contributed by atoms with Crippen molar-refractivity contribution in [3.8, 4) is 0 Å². The van der Waals surface area contributed by atoms with Crippen molar-refractivity contribution in [1.29, 1.82) is 0 Å². The fraction of sp³-hybridized carbons (Fsp3) is 0.296. The summed E-state index contributed by atoms with van der Waals surface area (Å²) in [5.74, 6) is 0.101. The van der Waals surface area contributed by atoms with E-state index in [4.69, 9.17) is 9.15 Å². The fourth-order valence-corrected chi connectivity index (χ4v) is 3.61. The number of furan rings is 1. The Labute approximate surface area is 204 Å². The minimum absolute atomic E-state index is 0.0557. The molecule has 1 aliphatic rings. The SMILES string of the molecule is CCOC(=O)c1ccc(NC(=O)CN(Cc2ccc(C(=O)NC3CC3)cc2)Cc2ccco2)cc1. The van der Waals surface area contributed by atoms with Crippen molar-refractivity contribution in [2.24, 2.45) is 0 Å². The van der Waals surface area contributed by atoms with Crippen molar-refractivity contribution in [2.45, 2.75) is 38.9 Å². The normalized spacial score (nSPS) is 12.9. The summed E-state index contributed by atoms with van der Waals surface area (Å²) in [6, 6.07) is 18.0. The number of rotatable bonds is 11. The van der Waals surface area contributed by atoms with Gasteiger partial charge in [-0.3, -0.25) is 14.5 Å². The molecular formula is C27H29N3O5. The lowest BCUT2D eigenvalue weighted by atomic mass is 10.1. The first-order chi connectivity index (χ1) is 17.0. The first-order valence-electron chi connectivity index (χ1n) is 11.7. The summed E-state index contributed by atoms with van der Waals surface area (Å²) in [5.41, 5.74) is 2.62. The average molecular weight is 476 g/mol. The van der Waals surface area contributed by atoms with Crippen LogP contribution in [-0.4, -0.2) is 41.9 Å². The van der Waals surface area contributed by atoms with Crippen molar-refractivity contribution in [3.63, 3.8) is 0 Å². The van der Waals surface area contributed by atoms with Gasteiger partial charge in [-0.15, -0.1) is 0 Å². The molecule has 1 aliphatic carbocycles. The summed E-state index contributed by atoms with van der Waals surface area (Å²) in [6.45, 7) is 3.14. The van der Waals surface area contributed by atoms with Crippen LogP contribution >= 0.6 is 0 Å². The number of esters is 1. The van der Waals surface area contributed by atoms with Gasteiger partial charge in [0.15, 0.2) is 0 Å². The van der Waals surface area contributed by atoms with Gasteiger partial charge >= 0.3 is 5.97 Å². The zero-order chi connectivity index (χ0) is 24.6. The van der Waals surface area contributed by atoms with Gasteiger partial charge in [0.25, 0.3) is 5.91 Å². The highest BCUT2D eigenvalue weighted by Gasteiger charge is 2.23. The molecule has 4 rings (SSSR count). The van der Waals surface area contributed by atoms with E-state index in [-0.39, 0.29) is 18.4 Å².